The first-order valence-corrected chi connectivity index (χ1v) is 7.04. The summed E-state index contributed by atoms with van der Waals surface area (Å²) in [5.41, 5.74) is 0. The maximum atomic E-state index is 12.6. The van der Waals surface area contributed by atoms with Crippen molar-refractivity contribution in [2.75, 3.05) is 19.8 Å². The molecule has 0 bridgehead atoms. The molecule has 0 aromatic heterocycles. The number of hydrogen-bond donors (Lipinski definition) is 0. The Labute approximate surface area is 115 Å². The summed E-state index contributed by atoms with van der Waals surface area (Å²) in [5, 5.41) is 0. The predicted molar refractivity (Wildman–Crippen MR) is 70.0 cm³/mol. The lowest BCUT2D eigenvalue weighted by Gasteiger charge is -2.20. The van der Waals surface area contributed by atoms with Crippen LogP contribution in [0.2, 0.25) is 0 Å². The second-order valence-corrected chi connectivity index (χ2v) is 6.25. The second kappa shape index (κ2) is 8.25. The minimum absolute atomic E-state index is 0.00411. The van der Waals surface area contributed by atoms with Gasteiger partial charge in [0, 0.05) is 9.60 Å². The van der Waals surface area contributed by atoms with E-state index in [1.54, 1.807) is 27.7 Å². The van der Waals surface area contributed by atoms with E-state index in [0.29, 0.717) is 0 Å². The Kier molecular flexibility index (Phi) is 4.04. The van der Waals surface area contributed by atoms with Gasteiger partial charge in [-0.3, -0.25) is 13.6 Å². The highest BCUT2D eigenvalue weighted by Gasteiger charge is 2.27. The topological polar surface area (TPSA) is 44.8 Å². The van der Waals surface area contributed by atoms with Crippen molar-refractivity contribution in [2.45, 2.75) is 41.4 Å². The quantitative estimate of drug-likeness (QED) is 0.593. The minimum atomic E-state index is -4.18. The molecule has 0 aromatic carbocycles. The molecule has 5 heteroatoms. The minimum Gasteiger partial charge on any atom is -0.287 e. The highest BCUT2D eigenvalue weighted by molar-refractivity contribution is 7.48. The summed E-state index contributed by atoms with van der Waals surface area (Å²) in [6.45, 7) is -0.243. The molecule has 4 nitrogen and oxygen atoms in total. The number of phosphoric acid groups is 1. The molecule has 0 fully saturated rings. The summed E-state index contributed by atoms with van der Waals surface area (Å²) in [6.07, 6.45) is 0. The van der Waals surface area contributed by atoms with Crippen LogP contribution in [0.15, 0.2) is 0 Å². The van der Waals surface area contributed by atoms with Gasteiger partial charge in [0.2, 0.25) is 0 Å². The molecule has 0 amide bonds. The maximum Gasteiger partial charge on any atom is 0.474 e. The van der Waals surface area contributed by atoms with E-state index in [0.717, 1.165) is 0 Å². The predicted octanol–water partition coefficient (Wildman–Crippen LogP) is 4.11. The van der Waals surface area contributed by atoms with Crippen LogP contribution in [0.5, 0.6) is 0 Å². The van der Waals surface area contributed by atoms with Crippen molar-refractivity contribution >= 4 is 7.82 Å². The van der Waals surface area contributed by atoms with E-state index in [-0.39, 0.29) is 25.0 Å². The SMILES string of the molecule is [2H]C([2H])([2H])C([2H])(COP(=O)(OCC(C)C)OCC(C)C)C([2H])([2H])[2H]. The van der Waals surface area contributed by atoms with Gasteiger partial charge < -0.3 is 0 Å². The second-order valence-electron chi connectivity index (χ2n) is 4.58. The van der Waals surface area contributed by atoms with Gasteiger partial charge in [0.1, 0.15) is 0 Å². The third-order valence-electron chi connectivity index (χ3n) is 1.50. The zero-order valence-electron chi connectivity index (χ0n) is 17.9. The summed E-state index contributed by atoms with van der Waals surface area (Å²) < 4.78 is 79.6. The lowest BCUT2D eigenvalue weighted by molar-refractivity contribution is 0.0882. The van der Waals surface area contributed by atoms with Crippen molar-refractivity contribution in [1.29, 1.82) is 0 Å². The Morgan fingerprint density at radius 3 is 1.76 bits per heavy atom. The molecule has 0 aliphatic heterocycles. The van der Waals surface area contributed by atoms with Crippen molar-refractivity contribution < 1.29 is 27.7 Å². The molecule has 17 heavy (non-hydrogen) atoms. The normalized spacial score (nSPS) is 21.2. The summed E-state index contributed by atoms with van der Waals surface area (Å²) >= 11 is 0. The Morgan fingerprint density at radius 2 is 1.41 bits per heavy atom. The van der Waals surface area contributed by atoms with E-state index in [2.05, 4.69) is 0 Å². The Bertz CT molecular complexity index is 404. The highest BCUT2D eigenvalue weighted by Crippen LogP contribution is 2.50. The average molecular weight is 273 g/mol. The lowest BCUT2D eigenvalue weighted by Crippen LogP contribution is -2.10. The van der Waals surface area contributed by atoms with Gasteiger partial charge >= 0.3 is 7.82 Å². The van der Waals surface area contributed by atoms with Gasteiger partial charge in [-0.05, 0) is 17.7 Å². The van der Waals surface area contributed by atoms with Crippen LogP contribution < -0.4 is 0 Å². The van der Waals surface area contributed by atoms with E-state index in [9.17, 15) is 4.57 Å². The molecule has 104 valence electrons. The summed E-state index contributed by atoms with van der Waals surface area (Å²) in [5.74, 6) is -2.95. The fourth-order valence-corrected chi connectivity index (χ4v) is 2.21. The molecular formula is C12H27O4P. The van der Waals surface area contributed by atoms with E-state index >= 15 is 0 Å². The molecule has 0 aromatic rings. The van der Waals surface area contributed by atoms with Crippen LogP contribution >= 0.6 is 7.82 Å². The number of phosphoric ester groups is 1. The zero-order chi connectivity index (χ0) is 19.4. The van der Waals surface area contributed by atoms with Crippen molar-refractivity contribution in [3.8, 4) is 0 Å². The lowest BCUT2D eigenvalue weighted by atomic mass is 10.2. The smallest absolute Gasteiger partial charge is 0.287 e. The average Bonchev–Trinajstić information content (AvgIpc) is 2.38. The van der Waals surface area contributed by atoms with Crippen molar-refractivity contribution in [1.82, 2.24) is 0 Å². The third-order valence-corrected chi connectivity index (χ3v) is 2.87. The van der Waals surface area contributed by atoms with Crippen molar-refractivity contribution in [3.63, 3.8) is 0 Å². The molecule has 0 radical (unpaired) electrons. The van der Waals surface area contributed by atoms with Crippen LogP contribution in [0, 0.1) is 17.7 Å². The van der Waals surface area contributed by atoms with Crippen LogP contribution in [0.3, 0.4) is 0 Å². The summed E-state index contributed by atoms with van der Waals surface area (Å²) in [6, 6.07) is 0. The van der Waals surface area contributed by atoms with Gasteiger partial charge in [-0.1, -0.05) is 41.4 Å². The van der Waals surface area contributed by atoms with Crippen LogP contribution in [0.1, 0.15) is 51.0 Å². The van der Waals surface area contributed by atoms with Crippen LogP contribution in [-0.2, 0) is 18.1 Å². The Hall–Kier alpha value is 0.110. The van der Waals surface area contributed by atoms with E-state index in [4.69, 9.17) is 23.2 Å². The van der Waals surface area contributed by atoms with E-state index < -0.39 is 34.0 Å². The molecule has 0 spiro atoms. The monoisotopic (exact) mass is 273 g/mol. The zero-order valence-corrected chi connectivity index (χ0v) is 11.8. The Morgan fingerprint density at radius 1 is 1.00 bits per heavy atom. The van der Waals surface area contributed by atoms with Gasteiger partial charge in [-0.15, -0.1) is 0 Å². The third kappa shape index (κ3) is 9.78. The molecule has 0 saturated carbocycles. The molecule has 0 atom stereocenters. The fraction of sp³-hybridized carbons (Fsp3) is 1.00. The van der Waals surface area contributed by atoms with Gasteiger partial charge in [0.05, 0.1) is 19.8 Å². The Balaban J connectivity index is 5.29. The van der Waals surface area contributed by atoms with Gasteiger partial charge in [0.15, 0.2) is 0 Å². The summed E-state index contributed by atoms with van der Waals surface area (Å²) in [4.78, 5) is 0. The molecule has 0 rings (SSSR count). The summed E-state index contributed by atoms with van der Waals surface area (Å²) in [7, 11) is -4.18. The molecule has 0 N–H and O–H groups in total. The first-order valence-electron chi connectivity index (χ1n) is 9.08. The molecule has 0 unspecified atom stereocenters. The van der Waals surface area contributed by atoms with Gasteiger partial charge in [-0.2, -0.15) is 0 Å². The van der Waals surface area contributed by atoms with Gasteiger partial charge in [-0.25, -0.2) is 4.57 Å². The molecule has 0 heterocycles. The van der Waals surface area contributed by atoms with Gasteiger partial charge in [0.25, 0.3) is 0 Å². The van der Waals surface area contributed by atoms with E-state index in [1.807, 2.05) is 0 Å². The highest BCUT2D eigenvalue weighted by atomic mass is 31.2. The van der Waals surface area contributed by atoms with E-state index in [1.165, 1.54) is 0 Å². The first-order chi connectivity index (χ1) is 10.5. The number of rotatable bonds is 9. The standard InChI is InChI=1S/C12H27O4P/c1-10(2)7-14-17(13,15-8-11(3)4)16-9-12(5)6/h10-12H,7-9H2,1-6H3/i1D3,2D3,10D. The fourth-order valence-electron chi connectivity index (χ4n) is 0.736. The van der Waals surface area contributed by atoms with Crippen molar-refractivity contribution in [2.24, 2.45) is 17.7 Å². The number of hydrogen-bond acceptors (Lipinski definition) is 4. The van der Waals surface area contributed by atoms with Crippen molar-refractivity contribution in [3.05, 3.63) is 0 Å². The van der Waals surface area contributed by atoms with Crippen LogP contribution in [0.4, 0.5) is 0 Å². The first kappa shape index (κ1) is 8.31. The molecule has 0 aliphatic carbocycles. The maximum absolute atomic E-state index is 12.6. The largest absolute Gasteiger partial charge is 0.474 e. The van der Waals surface area contributed by atoms with Crippen LogP contribution in [0.25, 0.3) is 0 Å². The molecule has 0 aliphatic rings. The molecular weight excluding hydrogens is 239 g/mol. The van der Waals surface area contributed by atoms with Crippen LogP contribution in [-0.4, -0.2) is 19.8 Å². The molecule has 0 saturated heterocycles.